The summed E-state index contributed by atoms with van der Waals surface area (Å²) < 4.78 is 5.46. The topological polar surface area (TPSA) is 138 Å². The maximum Gasteiger partial charge on any atom is 0.317 e. The molecule has 0 atom stereocenters. The van der Waals surface area contributed by atoms with Gasteiger partial charge < -0.3 is 15.2 Å². The fourth-order valence-electron chi connectivity index (χ4n) is 1.83. The van der Waals surface area contributed by atoms with Gasteiger partial charge in [0.2, 0.25) is 5.88 Å². The van der Waals surface area contributed by atoms with Crippen LogP contribution >= 0.6 is 0 Å². The predicted molar refractivity (Wildman–Crippen MR) is 81.5 cm³/mol. The maximum absolute atomic E-state index is 10.6. The summed E-state index contributed by atoms with van der Waals surface area (Å²) in [7, 11) is 0. The van der Waals surface area contributed by atoms with Crippen molar-refractivity contribution in [3.8, 4) is 17.7 Å². The number of carboxylic acids is 1. The molecule has 0 saturated heterocycles. The molecule has 24 heavy (non-hydrogen) atoms. The molecule has 2 aromatic rings. The molecule has 2 rings (SSSR count). The van der Waals surface area contributed by atoms with Crippen LogP contribution in [0.5, 0.6) is 11.6 Å². The molecule has 0 radical (unpaired) electrons. The molecule has 2 N–H and O–H groups in total. The Hall–Kier alpha value is -3.51. The van der Waals surface area contributed by atoms with E-state index in [9.17, 15) is 20.2 Å². The van der Waals surface area contributed by atoms with Crippen molar-refractivity contribution in [1.82, 2.24) is 10.3 Å². The predicted octanol–water partition coefficient (Wildman–Crippen LogP) is 1.83. The molecular formula is C15H12N4O5. The van der Waals surface area contributed by atoms with Crippen LogP contribution in [0.1, 0.15) is 11.1 Å². The average molecular weight is 328 g/mol. The minimum Gasteiger partial charge on any atom is -0.480 e. The second kappa shape index (κ2) is 7.66. The zero-order valence-electron chi connectivity index (χ0n) is 12.3. The summed E-state index contributed by atoms with van der Waals surface area (Å²) in [6.45, 7) is 0.101. The Morgan fingerprint density at radius 1 is 1.42 bits per heavy atom. The van der Waals surface area contributed by atoms with Gasteiger partial charge in [0.1, 0.15) is 18.0 Å². The van der Waals surface area contributed by atoms with E-state index in [2.05, 4.69) is 10.3 Å². The molecule has 0 fully saturated rings. The van der Waals surface area contributed by atoms with E-state index in [1.165, 1.54) is 12.1 Å². The van der Waals surface area contributed by atoms with Crippen molar-refractivity contribution >= 4 is 11.7 Å². The number of nitriles is 1. The van der Waals surface area contributed by atoms with Gasteiger partial charge in [-0.1, -0.05) is 6.07 Å². The van der Waals surface area contributed by atoms with Crippen molar-refractivity contribution in [1.29, 1.82) is 5.26 Å². The van der Waals surface area contributed by atoms with E-state index in [4.69, 9.17) is 9.84 Å². The number of nitro groups is 1. The number of aliphatic carboxylic acids is 1. The molecule has 0 saturated carbocycles. The van der Waals surface area contributed by atoms with E-state index < -0.39 is 10.9 Å². The van der Waals surface area contributed by atoms with Crippen molar-refractivity contribution in [3.63, 3.8) is 0 Å². The minimum absolute atomic E-state index is 0.119. The van der Waals surface area contributed by atoms with Crippen LogP contribution in [-0.2, 0) is 11.3 Å². The maximum atomic E-state index is 10.6. The highest BCUT2D eigenvalue weighted by molar-refractivity contribution is 5.69. The van der Waals surface area contributed by atoms with Crippen LogP contribution < -0.4 is 10.1 Å². The van der Waals surface area contributed by atoms with E-state index in [0.29, 0.717) is 0 Å². The van der Waals surface area contributed by atoms with Gasteiger partial charge in [-0.2, -0.15) is 5.26 Å². The molecular weight excluding hydrogens is 316 g/mol. The van der Waals surface area contributed by atoms with Gasteiger partial charge in [0, 0.05) is 18.7 Å². The van der Waals surface area contributed by atoms with Gasteiger partial charge in [0.25, 0.3) is 5.69 Å². The van der Waals surface area contributed by atoms with Gasteiger partial charge in [0.15, 0.2) is 0 Å². The van der Waals surface area contributed by atoms with E-state index in [-0.39, 0.29) is 36.0 Å². The van der Waals surface area contributed by atoms with Crippen LogP contribution in [0, 0.1) is 21.4 Å². The minimum atomic E-state index is -0.972. The largest absolute Gasteiger partial charge is 0.480 e. The van der Waals surface area contributed by atoms with Crippen LogP contribution in [0.4, 0.5) is 5.69 Å². The Morgan fingerprint density at radius 3 is 2.79 bits per heavy atom. The highest BCUT2D eigenvalue weighted by atomic mass is 16.6. The molecule has 0 bridgehead atoms. The van der Waals surface area contributed by atoms with Gasteiger partial charge in [0.05, 0.1) is 17.0 Å². The number of rotatable bonds is 7. The molecule has 1 aromatic carbocycles. The second-order valence-corrected chi connectivity index (χ2v) is 4.65. The van der Waals surface area contributed by atoms with Crippen LogP contribution in [0.25, 0.3) is 0 Å². The molecule has 0 spiro atoms. The Kier molecular flexibility index (Phi) is 5.38. The molecule has 9 heteroatoms. The number of nitrogens with one attached hydrogen (secondary N) is 1. The Balaban J connectivity index is 2.11. The van der Waals surface area contributed by atoms with E-state index in [1.807, 2.05) is 6.07 Å². The van der Waals surface area contributed by atoms with Gasteiger partial charge in [-0.05, 0) is 17.7 Å². The van der Waals surface area contributed by atoms with Crippen LogP contribution in [0.2, 0.25) is 0 Å². The average Bonchev–Trinajstić information content (AvgIpc) is 2.56. The van der Waals surface area contributed by atoms with Crippen molar-refractivity contribution in [2.45, 2.75) is 6.54 Å². The number of carboxylic acid groups (broad SMARTS) is 1. The van der Waals surface area contributed by atoms with E-state index in [1.54, 1.807) is 18.2 Å². The summed E-state index contributed by atoms with van der Waals surface area (Å²) in [6, 6.07) is 9.36. The lowest BCUT2D eigenvalue weighted by molar-refractivity contribution is -0.385. The lowest BCUT2D eigenvalue weighted by Gasteiger charge is -2.08. The van der Waals surface area contributed by atoms with Crippen molar-refractivity contribution in [2.24, 2.45) is 0 Å². The highest BCUT2D eigenvalue weighted by Crippen LogP contribution is 2.25. The summed E-state index contributed by atoms with van der Waals surface area (Å²) in [5.74, 6) is -0.602. The standard InChI is InChI=1S/C15H12N4O5/c16-6-11-5-10(7-17-9-15(20)21)1-3-13(11)24-14-4-2-12(8-18-14)19(22)23/h1-5,8,17H,7,9H2,(H,20,21). The molecule has 1 heterocycles. The fourth-order valence-corrected chi connectivity index (χ4v) is 1.83. The van der Waals surface area contributed by atoms with Crippen LogP contribution in [0.3, 0.4) is 0 Å². The zero-order valence-corrected chi connectivity index (χ0v) is 12.3. The van der Waals surface area contributed by atoms with Crippen molar-refractivity contribution in [3.05, 3.63) is 57.8 Å². The Bertz CT molecular complexity index is 799. The summed E-state index contributed by atoms with van der Waals surface area (Å²) in [4.78, 5) is 24.3. The third kappa shape index (κ3) is 4.49. The van der Waals surface area contributed by atoms with E-state index in [0.717, 1.165) is 11.8 Å². The summed E-state index contributed by atoms with van der Waals surface area (Å²) >= 11 is 0. The molecule has 0 aliphatic carbocycles. The monoisotopic (exact) mass is 328 g/mol. The molecule has 122 valence electrons. The molecule has 0 amide bonds. The molecule has 9 nitrogen and oxygen atoms in total. The first kappa shape index (κ1) is 16.9. The number of aromatic nitrogens is 1. The fraction of sp³-hybridized carbons (Fsp3) is 0.133. The number of hydrogen-bond acceptors (Lipinski definition) is 7. The van der Waals surface area contributed by atoms with Crippen molar-refractivity contribution < 1.29 is 19.6 Å². The van der Waals surface area contributed by atoms with Gasteiger partial charge in [-0.15, -0.1) is 0 Å². The number of carbonyl (C=O) groups is 1. The van der Waals surface area contributed by atoms with Crippen LogP contribution in [0.15, 0.2) is 36.5 Å². The van der Waals surface area contributed by atoms with Gasteiger partial charge in [-0.25, -0.2) is 4.98 Å². The first-order chi connectivity index (χ1) is 11.5. The normalized spacial score (nSPS) is 9.96. The lowest BCUT2D eigenvalue weighted by Crippen LogP contribution is -2.21. The second-order valence-electron chi connectivity index (χ2n) is 4.65. The zero-order chi connectivity index (χ0) is 17.5. The molecule has 0 unspecified atom stereocenters. The SMILES string of the molecule is N#Cc1cc(CNCC(=O)O)ccc1Oc1ccc([N+](=O)[O-])cn1. The number of nitrogens with zero attached hydrogens (tertiary/aromatic N) is 3. The Labute approximate surface area is 136 Å². The van der Waals surface area contributed by atoms with Gasteiger partial charge in [-0.3, -0.25) is 14.9 Å². The number of ether oxygens (including phenoxy) is 1. The first-order valence-corrected chi connectivity index (χ1v) is 6.73. The third-order valence-electron chi connectivity index (χ3n) is 2.92. The molecule has 0 aliphatic rings. The summed E-state index contributed by atoms with van der Waals surface area (Å²) in [5.41, 5.74) is 0.796. The number of benzene rings is 1. The van der Waals surface area contributed by atoms with E-state index >= 15 is 0 Å². The Morgan fingerprint density at radius 2 is 2.21 bits per heavy atom. The summed E-state index contributed by atoms with van der Waals surface area (Å²) in [6.07, 6.45) is 1.06. The highest BCUT2D eigenvalue weighted by Gasteiger charge is 2.10. The summed E-state index contributed by atoms with van der Waals surface area (Å²) in [5, 5.41) is 31.1. The quantitative estimate of drug-likeness (QED) is 0.579. The van der Waals surface area contributed by atoms with Crippen molar-refractivity contribution in [2.75, 3.05) is 6.54 Å². The van der Waals surface area contributed by atoms with Crippen LogP contribution in [-0.4, -0.2) is 27.5 Å². The molecule has 1 aromatic heterocycles. The van der Waals surface area contributed by atoms with Gasteiger partial charge >= 0.3 is 5.97 Å². The first-order valence-electron chi connectivity index (χ1n) is 6.73. The lowest BCUT2D eigenvalue weighted by atomic mass is 10.1. The third-order valence-corrected chi connectivity index (χ3v) is 2.92. The number of hydrogen-bond donors (Lipinski definition) is 2. The number of pyridine rings is 1. The smallest absolute Gasteiger partial charge is 0.317 e. The molecule has 0 aliphatic heterocycles.